The molecule has 27 heteroatoms. The summed E-state index contributed by atoms with van der Waals surface area (Å²) >= 11 is 0. The van der Waals surface area contributed by atoms with Crippen molar-refractivity contribution in [1.29, 1.82) is 0 Å². The average molecular weight is 1180 g/mol. The topological polar surface area (TPSA) is 344 Å². The second-order valence-corrected chi connectivity index (χ2v) is 27.6. The number of rotatable bonds is 21. The molecule has 6 aromatic carbocycles. The molecule has 0 fully saturated rings. The fourth-order valence-electron chi connectivity index (χ4n) is 7.37. The maximum absolute atomic E-state index is 11.1. The van der Waals surface area contributed by atoms with Crippen LogP contribution in [0.1, 0.15) is 55.2 Å². The van der Waals surface area contributed by atoms with Crippen LogP contribution in [0.15, 0.2) is 164 Å². The molecular formula is C48H54Na3O18P3S3. The van der Waals surface area contributed by atoms with Crippen LogP contribution in [-0.2, 0) is 63.3 Å². The normalized spacial score (nSPS) is 13.1. The monoisotopic (exact) mass is 1180 g/mol. The first kappa shape index (κ1) is 71.5. The molecule has 0 aliphatic carbocycles. The molecule has 3 unspecified atom stereocenters. The Labute approximate surface area is 504 Å². The summed E-state index contributed by atoms with van der Waals surface area (Å²) in [5.41, 5.74) is 9.04. The maximum Gasteiger partial charge on any atom is 1.00 e. The Balaban J connectivity index is 0.000000551. The molecule has 0 bridgehead atoms. The van der Waals surface area contributed by atoms with Gasteiger partial charge in [-0.05, 0) is 108 Å². The van der Waals surface area contributed by atoms with E-state index in [1.165, 1.54) is 0 Å². The summed E-state index contributed by atoms with van der Waals surface area (Å²) in [7, 11) is -30.0. The van der Waals surface area contributed by atoms with Crippen molar-refractivity contribution in [3.05, 3.63) is 180 Å². The van der Waals surface area contributed by atoms with Gasteiger partial charge in [-0.2, -0.15) is 0 Å². The minimum atomic E-state index is -5.03. The molecule has 0 aromatic heterocycles. The first-order chi connectivity index (χ1) is 33.5. The molecule has 390 valence electrons. The molecule has 18 nitrogen and oxygen atoms in total. The maximum atomic E-state index is 11.1. The molecule has 0 aliphatic rings. The van der Waals surface area contributed by atoms with Gasteiger partial charge in [0.2, 0.25) is 0 Å². The van der Waals surface area contributed by atoms with Crippen molar-refractivity contribution in [2.75, 3.05) is 0 Å². The van der Waals surface area contributed by atoms with Crippen LogP contribution in [-0.4, -0.2) is 83.2 Å². The number of benzene rings is 6. The molecular weight excluding hydrogens is 1120 g/mol. The van der Waals surface area contributed by atoms with E-state index >= 15 is 0 Å². The average Bonchev–Trinajstić information content (AvgIpc) is 3.30. The fourth-order valence-corrected chi connectivity index (χ4v) is 14.3. The number of aryl methyl sites for hydroxylation is 3. The first-order valence-electron chi connectivity index (χ1n) is 22.0. The third-order valence-corrected chi connectivity index (χ3v) is 21.6. The minimum absolute atomic E-state index is 0. The summed E-state index contributed by atoms with van der Waals surface area (Å²) in [4.78, 5) is 47.5. The summed E-state index contributed by atoms with van der Waals surface area (Å²) in [6.45, 7) is 0. The Morgan fingerprint density at radius 2 is 0.493 bits per heavy atom. The van der Waals surface area contributed by atoms with Crippen LogP contribution in [0, 0.1) is 0 Å². The van der Waals surface area contributed by atoms with Crippen LogP contribution in [0.4, 0.5) is 0 Å². The number of hydrogen-bond acceptors (Lipinski definition) is 12. The fraction of sp³-hybridized carbons (Fsp3) is 0.250. The van der Waals surface area contributed by atoms with Gasteiger partial charge in [-0.15, -0.1) is 0 Å². The summed E-state index contributed by atoms with van der Waals surface area (Å²) in [5.74, 6) is 0. The summed E-state index contributed by atoms with van der Waals surface area (Å²) in [6.07, 6.45) is 0.790. The third-order valence-electron chi connectivity index (χ3n) is 11.1. The van der Waals surface area contributed by atoms with Crippen LogP contribution in [0.3, 0.4) is 0 Å². The van der Waals surface area contributed by atoms with E-state index in [2.05, 4.69) is 0 Å². The van der Waals surface area contributed by atoms with Gasteiger partial charge >= 0.3 is 111 Å². The predicted molar refractivity (Wildman–Crippen MR) is 271 cm³/mol. The smallest absolute Gasteiger partial charge is 0.747 e. The van der Waals surface area contributed by atoms with E-state index < -0.39 is 68.1 Å². The molecule has 0 heterocycles. The van der Waals surface area contributed by atoms with Crippen molar-refractivity contribution in [1.82, 2.24) is 0 Å². The zero-order valence-electron chi connectivity index (χ0n) is 41.3. The van der Waals surface area contributed by atoms with Crippen molar-refractivity contribution in [2.24, 2.45) is 0 Å². The van der Waals surface area contributed by atoms with Gasteiger partial charge < -0.3 is 43.0 Å². The predicted octanol–water partition coefficient (Wildman–Crippen LogP) is -0.812. The van der Waals surface area contributed by atoms with Gasteiger partial charge in [0, 0.05) is 0 Å². The minimum Gasteiger partial charge on any atom is -0.747 e. The van der Waals surface area contributed by atoms with Crippen molar-refractivity contribution >= 4 is 53.1 Å². The van der Waals surface area contributed by atoms with E-state index in [1.807, 2.05) is 164 Å². The van der Waals surface area contributed by atoms with Crippen LogP contribution in [0.5, 0.6) is 0 Å². The van der Waals surface area contributed by atoms with E-state index in [4.69, 9.17) is 29.4 Å². The summed E-state index contributed by atoms with van der Waals surface area (Å²) in [6, 6.07) is 52.1. The van der Waals surface area contributed by atoms with Crippen LogP contribution in [0.25, 0.3) is 33.4 Å². The zero-order valence-corrected chi connectivity index (χ0v) is 52.5. The molecule has 75 heavy (non-hydrogen) atoms. The molecule has 0 spiro atoms. The van der Waals surface area contributed by atoms with Gasteiger partial charge in [0.1, 0.15) is 30.4 Å². The second kappa shape index (κ2) is 32.7. The molecule has 0 saturated heterocycles. The van der Waals surface area contributed by atoms with Crippen molar-refractivity contribution in [3.63, 3.8) is 0 Å². The van der Waals surface area contributed by atoms with Crippen molar-refractivity contribution in [3.8, 4) is 33.4 Å². The van der Waals surface area contributed by atoms with Crippen LogP contribution >= 0.6 is 22.8 Å². The van der Waals surface area contributed by atoms with E-state index in [0.717, 1.165) is 50.1 Å². The molecule has 3 atom stereocenters. The third kappa shape index (κ3) is 25.7. The van der Waals surface area contributed by atoms with Gasteiger partial charge in [0.05, 0.1) is 0 Å². The second-order valence-electron chi connectivity index (χ2n) is 16.5. The van der Waals surface area contributed by atoms with E-state index in [0.29, 0.717) is 19.3 Å². The summed E-state index contributed by atoms with van der Waals surface area (Å²) in [5, 5.41) is 0. The Morgan fingerprint density at radius 1 is 0.320 bits per heavy atom. The summed E-state index contributed by atoms with van der Waals surface area (Å²) < 4.78 is 132. The first-order valence-corrected chi connectivity index (χ1v) is 31.4. The zero-order chi connectivity index (χ0) is 53.4. The Kier molecular flexibility index (Phi) is 31.2. The van der Waals surface area contributed by atoms with Crippen molar-refractivity contribution < 1.29 is 171 Å². The molecule has 6 aromatic rings. The molecule has 6 rings (SSSR count). The van der Waals surface area contributed by atoms with Crippen LogP contribution in [0.2, 0.25) is 0 Å². The quantitative estimate of drug-likeness (QED) is 0.0292. The van der Waals surface area contributed by atoms with Gasteiger partial charge in [0.25, 0.3) is 0 Å². The van der Waals surface area contributed by atoms with Crippen molar-refractivity contribution in [2.45, 2.75) is 72.8 Å². The molecule has 0 saturated carbocycles. The van der Waals surface area contributed by atoms with Gasteiger partial charge in [-0.3, -0.25) is 13.7 Å². The van der Waals surface area contributed by atoms with E-state index in [1.54, 1.807) is 0 Å². The Hall–Kier alpha value is -1.50. The van der Waals surface area contributed by atoms with Gasteiger partial charge in [0.15, 0.2) is 15.0 Å². The molecule has 0 radical (unpaired) electrons. The Bertz CT molecular complexity index is 2790. The van der Waals surface area contributed by atoms with Gasteiger partial charge in [-0.1, -0.05) is 164 Å². The van der Waals surface area contributed by atoms with Gasteiger partial charge in [-0.25, -0.2) is 25.3 Å². The largest absolute Gasteiger partial charge is 1.00 e. The van der Waals surface area contributed by atoms with E-state index in [-0.39, 0.29) is 127 Å². The molecule has 6 N–H and O–H groups in total. The molecule has 0 aliphatic heterocycles. The standard InChI is InChI=1S/3C16H19O6PS.3Na/c3*17-23(18,19)16(24(20,21)22)8-4-5-13-9-11-15(12-10-13)14-6-2-1-3-7-14;;;/h3*1-3,6-7,9-12,16H,4-5,8H2,(H2,17,18,19)(H,20,21,22);;;/q;;;3*+1/p-3. The SMILES string of the molecule is O=P(O)(O)C(CCCc1ccc(-c2ccccc2)cc1)S(=O)(=O)[O-].O=P(O)(O)C(CCCc1ccc(-c2ccccc2)cc1)S(=O)(=O)[O-].O=P(O)(O)C(CCCc1ccc(-c2ccccc2)cc1)S(=O)(=O)[O-].[Na+].[Na+].[Na+]. The molecule has 0 amide bonds. The van der Waals surface area contributed by atoms with Crippen LogP contribution < -0.4 is 88.7 Å². The van der Waals surface area contributed by atoms with E-state index in [9.17, 15) is 52.6 Å². The Morgan fingerprint density at radius 3 is 0.653 bits per heavy atom. The number of hydrogen-bond donors (Lipinski definition) is 6.